The number of carbonyl (C=O) groups is 1. The molecular formula is C21H27ClN2O3S. The SMILES string of the molecule is CC(C)NS(=O)(=O)Cc1ccccc1CNC(=O)C(C)(C)c1ccc(Cl)cc1. The Morgan fingerprint density at radius 2 is 1.61 bits per heavy atom. The third-order valence-corrected chi connectivity index (χ3v) is 6.23. The minimum absolute atomic E-state index is 0.127. The first-order valence-corrected chi connectivity index (χ1v) is 11.2. The van der Waals surface area contributed by atoms with Gasteiger partial charge in [-0.05, 0) is 56.5 Å². The molecule has 0 radical (unpaired) electrons. The molecule has 5 nitrogen and oxygen atoms in total. The first-order valence-electron chi connectivity index (χ1n) is 9.12. The van der Waals surface area contributed by atoms with Crippen LogP contribution in [-0.4, -0.2) is 20.4 Å². The van der Waals surface area contributed by atoms with Crippen molar-refractivity contribution < 1.29 is 13.2 Å². The van der Waals surface area contributed by atoms with E-state index in [4.69, 9.17) is 11.6 Å². The molecule has 0 spiro atoms. The highest BCUT2D eigenvalue weighted by Crippen LogP contribution is 2.25. The molecule has 0 saturated heterocycles. The van der Waals surface area contributed by atoms with Gasteiger partial charge in [0.25, 0.3) is 0 Å². The molecular weight excluding hydrogens is 396 g/mol. The van der Waals surface area contributed by atoms with Gasteiger partial charge < -0.3 is 5.32 Å². The van der Waals surface area contributed by atoms with Gasteiger partial charge in [-0.2, -0.15) is 0 Å². The van der Waals surface area contributed by atoms with Crippen molar-refractivity contribution in [2.45, 2.75) is 51.4 Å². The average molecular weight is 423 g/mol. The lowest BCUT2D eigenvalue weighted by atomic mass is 9.83. The molecule has 2 N–H and O–H groups in total. The van der Waals surface area contributed by atoms with Crippen LogP contribution < -0.4 is 10.0 Å². The van der Waals surface area contributed by atoms with Gasteiger partial charge in [0.1, 0.15) is 0 Å². The molecule has 0 fully saturated rings. The predicted octanol–water partition coefficient (Wildman–Crippen LogP) is 3.76. The van der Waals surface area contributed by atoms with Crippen molar-refractivity contribution in [1.29, 1.82) is 0 Å². The Labute approximate surface area is 172 Å². The molecule has 152 valence electrons. The van der Waals surface area contributed by atoms with Crippen molar-refractivity contribution in [2.75, 3.05) is 0 Å². The Balaban J connectivity index is 2.12. The fourth-order valence-electron chi connectivity index (χ4n) is 2.87. The summed E-state index contributed by atoms with van der Waals surface area (Å²) in [5.41, 5.74) is 1.55. The number of hydrogen-bond acceptors (Lipinski definition) is 3. The number of hydrogen-bond donors (Lipinski definition) is 2. The third kappa shape index (κ3) is 6.06. The summed E-state index contributed by atoms with van der Waals surface area (Å²) in [6.45, 7) is 7.50. The second-order valence-corrected chi connectivity index (χ2v) is 9.81. The molecule has 0 atom stereocenters. The van der Waals surface area contributed by atoms with Crippen LogP contribution in [0.5, 0.6) is 0 Å². The number of nitrogens with one attached hydrogen (secondary N) is 2. The first kappa shape index (κ1) is 22.4. The van der Waals surface area contributed by atoms with E-state index in [0.29, 0.717) is 10.6 Å². The number of sulfonamides is 1. The van der Waals surface area contributed by atoms with Gasteiger partial charge in [-0.25, -0.2) is 13.1 Å². The van der Waals surface area contributed by atoms with E-state index in [2.05, 4.69) is 10.0 Å². The van der Waals surface area contributed by atoms with E-state index >= 15 is 0 Å². The Morgan fingerprint density at radius 1 is 1.04 bits per heavy atom. The fraction of sp³-hybridized carbons (Fsp3) is 0.381. The number of benzene rings is 2. The Hall–Kier alpha value is -1.89. The molecule has 0 unspecified atom stereocenters. The van der Waals surface area contributed by atoms with Crippen LogP contribution in [0.25, 0.3) is 0 Å². The zero-order valence-corrected chi connectivity index (χ0v) is 18.2. The molecule has 2 aromatic carbocycles. The molecule has 1 amide bonds. The van der Waals surface area contributed by atoms with Crippen molar-refractivity contribution in [2.24, 2.45) is 0 Å². The van der Waals surface area contributed by atoms with Gasteiger partial charge in [-0.15, -0.1) is 0 Å². The van der Waals surface area contributed by atoms with Crippen LogP contribution in [0.4, 0.5) is 0 Å². The molecule has 2 aromatic rings. The maximum Gasteiger partial charge on any atom is 0.230 e. The zero-order valence-electron chi connectivity index (χ0n) is 16.6. The molecule has 0 aromatic heterocycles. The number of carbonyl (C=O) groups excluding carboxylic acids is 1. The van der Waals surface area contributed by atoms with Gasteiger partial charge in [0.15, 0.2) is 0 Å². The topological polar surface area (TPSA) is 75.3 Å². The van der Waals surface area contributed by atoms with Crippen molar-refractivity contribution in [1.82, 2.24) is 10.0 Å². The van der Waals surface area contributed by atoms with Gasteiger partial charge in [-0.3, -0.25) is 4.79 Å². The fourth-order valence-corrected chi connectivity index (χ4v) is 4.49. The minimum atomic E-state index is -3.45. The van der Waals surface area contributed by atoms with Gasteiger partial charge in [0, 0.05) is 17.6 Å². The summed E-state index contributed by atoms with van der Waals surface area (Å²) in [7, 11) is -3.45. The van der Waals surface area contributed by atoms with Crippen molar-refractivity contribution in [3.05, 3.63) is 70.2 Å². The summed E-state index contributed by atoms with van der Waals surface area (Å²) in [6, 6.07) is 14.2. The van der Waals surface area contributed by atoms with E-state index in [1.54, 1.807) is 38.1 Å². The van der Waals surface area contributed by atoms with Gasteiger partial charge >= 0.3 is 0 Å². The smallest absolute Gasteiger partial charge is 0.230 e. The molecule has 28 heavy (non-hydrogen) atoms. The first-order chi connectivity index (χ1) is 13.0. The molecule has 0 heterocycles. The summed E-state index contributed by atoms with van der Waals surface area (Å²) in [6.07, 6.45) is 0. The Kier molecular flexibility index (Phi) is 7.26. The lowest BCUT2D eigenvalue weighted by Gasteiger charge is -2.24. The average Bonchev–Trinajstić information content (AvgIpc) is 2.59. The maximum absolute atomic E-state index is 12.8. The normalized spacial score (nSPS) is 12.2. The summed E-state index contributed by atoms with van der Waals surface area (Å²) in [5, 5.41) is 3.55. The van der Waals surface area contributed by atoms with Crippen molar-refractivity contribution >= 4 is 27.5 Å². The molecule has 0 aliphatic rings. The van der Waals surface area contributed by atoms with Crippen LogP contribution in [0, 0.1) is 0 Å². The van der Waals surface area contributed by atoms with E-state index in [1.807, 2.05) is 38.1 Å². The molecule has 2 rings (SSSR count). The summed E-state index contributed by atoms with van der Waals surface area (Å²) < 4.78 is 27.1. The minimum Gasteiger partial charge on any atom is -0.351 e. The monoisotopic (exact) mass is 422 g/mol. The van der Waals surface area contributed by atoms with Crippen molar-refractivity contribution in [3.63, 3.8) is 0 Å². The predicted molar refractivity (Wildman–Crippen MR) is 114 cm³/mol. The molecule has 0 saturated carbocycles. The maximum atomic E-state index is 12.8. The standard InChI is InChI=1S/C21H27ClN2O3S/c1-15(2)24-28(26,27)14-17-8-6-5-7-16(17)13-23-20(25)21(3,4)18-9-11-19(22)12-10-18/h5-12,15,24H,13-14H2,1-4H3,(H,23,25). The Bertz CT molecular complexity index is 923. The summed E-state index contributed by atoms with van der Waals surface area (Å²) >= 11 is 5.93. The second kappa shape index (κ2) is 9.07. The number of halogens is 1. The lowest BCUT2D eigenvalue weighted by molar-refractivity contribution is -0.125. The van der Waals surface area contributed by atoms with E-state index < -0.39 is 15.4 Å². The number of amides is 1. The van der Waals surface area contributed by atoms with Crippen LogP contribution in [-0.2, 0) is 32.5 Å². The van der Waals surface area contributed by atoms with Crippen LogP contribution in [0.3, 0.4) is 0 Å². The number of rotatable bonds is 8. The van der Waals surface area contributed by atoms with Crippen LogP contribution in [0.1, 0.15) is 44.4 Å². The van der Waals surface area contributed by atoms with Gasteiger partial charge in [-0.1, -0.05) is 48.0 Å². The largest absolute Gasteiger partial charge is 0.351 e. The quantitative estimate of drug-likeness (QED) is 0.680. The van der Waals surface area contributed by atoms with E-state index in [1.165, 1.54) is 0 Å². The van der Waals surface area contributed by atoms with Crippen molar-refractivity contribution in [3.8, 4) is 0 Å². The highest BCUT2D eigenvalue weighted by Gasteiger charge is 2.29. The van der Waals surface area contributed by atoms with E-state index in [-0.39, 0.29) is 24.2 Å². The second-order valence-electron chi connectivity index (χ2n) is 7.61. The van der Waals surface area contributed by atoms with E-state index in [9.17, 15) is 13.2 Å². The lowest BCUT2D eigenvalue weighted by Crippen LogP contribution is -2.40. The summed E-state index contributed by atoms with van der Waals surface area (Å²) in [4.78, 5) is 12.8. The zero-order chi connectivity index (χ0) is 20.9. The Morgan fingerprint density at radius 3 is 2.18 bits per heavy atom. The van der Waals surface area contributed by atoms with Gasteiger partial charge in [0.2, 0.25) is 15.9 Å². The van der Waals surface area contributed by atoms with E-state index in [0.717, 1.165) is 11.1 Å². The third-order valence-electron chi connectivity index (χ3n) is 4.45. The van der Waals surface area contributed by atoms with Gasteiger partial charge in [0.05, 0.1) is 11.2 Å². The van der Waals surface area contributed by atoms with Crippen LogP contribution in [0.15, 0.2) is 48.5 Å². The molecule has 0 aliphatic carbocycles. The highest BCUT2D eigenvalue weighted by molar-refractivity contribution is 7.88. The summed E-state index contributed by atoms with van der Waals surface area (Å²) in [5.74, 6) is -0.273. The van der Waals surface area contributed by atoms with Crippen LogP contribution in [0.2, 0.25) is 5.02 Å². The highest BCUT2D eigenvalue weighted by atomic mass is 35.5. The molecule has 0 bridgehead atoms. The molecule has 7 heteroatoms. The van der Waals surface area contributed by atoms with Crippen LogP contribution >= 0.6 is 11.6 Å². The molecule has 0 aliphatic heterocycles.